The molecular formula is C30H36FN3O6S. The van der Waals surface area contributed by atoms with E-state index in [0.29, 0.717) is 5.75 Å². The van der Waals surface area contributed by atoms with Gasteiger partial charge in [0.2, 0.25) is 11.8 Å². The standard InChI is InChI=1S/C30H36FN3O6S/c1-21(29(36)32-30(2,3)4)33(19-22-12-10-11-15-25(22)31)28(35)20-34(23-13-8-7-9-14-23)41(37,38)24-16-17-26(39-5)27(18-24)40-6/h7-18,21H,19-20H2,1-6H3,(H,32,36)/t21-/m1/s1. The number of nitrogens with zero attached hydrogens (tertiary/aromatic N) is 2. The number of carbonyl (C=O) groups excluding carboxylic acids is 2. The average molecular weight is 586 g/mol. The van der Waals surface area contributed by atoms with Crippen LogP contribution in [0.15, 0.2) is 77.7 Å². The van der Waals surface area contributed by atoms with Crippen LogP contribution in [0.1, 0.15) is 33.3 Å². The molecule has 0 heterocycles. The Kier molecular flexibility index (Phi) is 9.98. The minimum Gasteiger partial charge on any atom is -0.493 e. The number of anilines is 1. The third kappa shape index (κ3) is 7.75. The highest BCUT2D eigenvalue weighted by molar-refractivity contribution is 7.92. The summed E-state index contributed by atoms with van der Waals surface area (Å²) in [5.41, 5.74) is -0.177. The lowest BCUT2D eigenvalue weighted by Gasteiger charge is -2.33. The molecule has 0 fully saturated rings. The van der Waals surface area contributed by atoms with E-state index in [1.807, 2.05) is 0 Å². The number of nitrogens with one attached hydrogen (secondary N) is 1. The second-order valence-corrected chi connectivity index (χ2v) is 12.3. The predicted molar refractivity (Wildman–Crippen MR) is 155 cm³/mol. The van der Waals surface area contributed by atoms with E-state index in [1.54, 1.807) is 57.2 Å². The van der Waals surface area contributed by atoms with Crippen LogP contribution >= 0.6 is 0 Å². The van der Waals surface area contributed by atoms with Crippen molar-refractivity contribution in [1.82, 2.24) is 10.2 Å². The van der Waals surface area contributed by atoms with Crippen LogP contribution in [0.5, 0.6) is 11.5 Å². The first-order valence-electron chi connectivity index (χ1n) is 12.9. The summed E-state index contributed by atoms with van der Waals surface area (Å²) in [7, 11) is -1.50. The number of rotatable bonds is 11. The Labute approximate surface area is 240 Å². The summed E-state index contributed by atoms with van der Waals surface area (Å²) in [6.45, 7) is 6.02. The summed E-state index contributed by atoms with van der Waals surface area (Å²) in [5.74, 6) is -1.18. The highest BCUT2D eigenvalue weighted by Gasteiger charge is 2.34. The monoisotopic (exact) mass is 585 g/mol. The average Bonchev–Trinajstić information content (AvgIpc) is 2.94. The molecule has 3 aromatic carbocycles. The zero-order chi connectivity index (χ0) is 30.4. The lowest BCUT2D eigenvalue weighted by Crippen LogP contribution is -2.54. The van der Waals surface area contributed by atoms with E-state index in [1.165, 1.54) is 62.4 Å². The number of hydrogen-bond acceptors (Lipinski definition) is 6. The molecule has 0 saturated carbocycles. The van der Waals surface area contributed by atoms with Crippen molar-refractivity contribution in [2.24, 2.45) is 0 Å². The van der Waals surface area contributed by atoms with Gasteiger partial charge in [0.1, 0.15) is 18.4 Å². The summed E-state index contributed by atoms with van der Waals surface area (Å²) in [6.07, 6.45) is 0. The molecule has 0 aliphatic heterocycles. The number of halogens is 1. The topological polar surface area (TPSA) is 105 Å². The van der Waals surface area contributed by atoms with E-state index in [-0.39, 0.29) is 28.4 Å². The Balaban J connectivity index is 2.06. The number of ether oxygens (including phenoxy) is 2. The van der Waals surface area contributed by atoms with Crippen LogP contribution in [-0.2, 0) is 26.2 Å². The molecule has 0 spiro atoms. The first-order valence-corrected chi connectivity index (χ1v) is 14.4. The van der Waals surface area contributed by atoms with Crippen molar-refractivity contribution < 1.29 is 31.9 Å². The number of methoxy groups -OCH3 is 2. The summed E-state index contributed by atoms with van der Waals surface area (Å²) >= 11 is 0. The summed E-state index contributed by atoms with van der Waals surface area (Å²) in [4.78, 5) is 28.1. The van der Waals surface area contributed by atoms with E-state index in [2.05, 4.69) is 5.32 Å². The van der Waals surface area contributed by atoms with E-state index in [4.69, 9.17) is 9.47 Å². The number of benzene rings is 3. The van der Waals surface area contributed by atoms with Crippen LogP contribution < -0.4 is 19.1 Å². The molecule has 11 heteroatoms. The largest absolute Gasteiger partial charge is 0.493 e. The quantitative estimate of drug-likeness (QED) is 0.358. The van der Waals surface area contributed by atoms with Crippen molar-refractivity contribution >= 4 is 27.5 Å². The van der Waals surface area contributed by atoms with E-state index >= 15 is 0 Å². The Bertz CT molecular complexity index is 1480. The van der Waals surface area contributed by atoms with Crippen LogP contribution in [0.2, 0.25) is 0 Å². The van der Waals surface area contributed by atoms with Crippen LogP contribution in [0.25, 0.3) is 0 Å². The van der Waals surface area contributed by atoms with Gasteiger partial charge in [0.25, 0.3) is 10.0 Å². The van der Waals surface area contributed by atoms with Crippen molar-refractivity contribution in [3.8, 4) is 11.5 Å². The van der Waals surface area contributed by atoms with Gasteiger partial charge in [-0.3, -0.25) is 13.9 Å². The second kappa shape index (κ2) is 13.0. The van der Waals surface area contributed by atoms with Gasteiger partial charge in [0.15, 0.2) is 11.5 Å². The molecule has 0 bridgehead atoms. The summed E-state index contributed by atoms with van der Waals surface area (Å²) in [5, 5.41) is 2.84. The Hall–Kier alpha value is -4.12. The molecule has 0 saturated heterocycles. The SMILES string of the molecule is COc1ccc(S(=O)(=O)N(CC(=O)N(Cc2ccccc2F)[C@H](C)C(=O)NC(C)(C)C)c2ccccc2)cc1OC. The highest BCUT2D eigenvalue weighted by atomic mass is 32.2. The minimum absolute atomic E-state index is 0.133. The first kappa shape index (κ1) is 31.4. The second-order valence-electron chi connectivity index (χ2n) is 10.4. The van der Waals surface area contributed by atoms with Crippen LogP contribution in [0.3, 0.4) is 0 Å². The lowest BCUT2D eigenvalue weighted by molar-refractivity contribution is -0.140. The first-order chi connectivity index (χ1) is 19.3. The predicted octanol–water partition coefficient (Wildman–Crippen LogP) is 4.37. The fourth-order valence-electron chi connectivity index (χ4n) is 4.09. The maximum Gasteiger partial charge on any atom is 0.264 e. The fraction of sp³-hybridized carbons (Fsp3) is 0.333. The fourth-order valence-corrected chi connectivity index (χ4v) is 5.52. The molecular weight excluding hydrogens is 549 g/mol. The minimum atomic E-state index is -4.32. The van der Waals surface area contributed by atoms with Crippen molar-refractivity contribution in [2.75, 3.05) is 25.1 Å². The van der Waals surface area contributed by atoms with Gasteiger partial charge >= 0.3 is 0 Å². The molecule has 0 aliphatic carbocycles. The normalized spacial score (nSPS) is 12.3. The molecule has 1 atom stereocenters. The van der Waals surface area contributed by atoms with Gasteiger partial charge in [-0.2, -0.15) is 0 Å². The third-order valence-corrected chi connectivity index (χ3v) is 8.00. The van der Waals surface area contributed by atoms with Crippen LogP contribution in [0, 0.1) is 5.82 Å². The lowest BCUT2D eigenvalue weighted by atomic mass is 10.1. The molecule has 3 aromatic rings. The molecule has 1 N–H and O–H groups in total. The van der Waals surface area contributed by atoms with Crippen molar-refractivity contribution in [1.29, 1.82) is 0 Å². The Morgan fingerprint density at radius 2 is 1.54 bits per heavy atom. The van der Waals surface area contributed by atoms with Crippen molar-refractivity contribution in [3.63, 3.8) is 0 Å². The van der Waals surface area contributed by atoms with Crippen molar-refractivity contribution in [3.05, 3.63) is 84.2 Å². The number of amides is 2. The van der Waals surface area contributed by atoms with Gasteiger partial charge in [-0.15, -0.1) is 0 Å². The zero-order valence-corrected chi connectivity index (χ0v) is 24.9. The Morgan fingerprint density at radius 3 is 2.12 bits per heavy atom. The van der Waals surface area contributed by atoms with Gasteiger partial charge in [0, 0.05) is 23.7 Å². The molecule has 0 radical (unpaired) electrons. The molecule has 9 nitrogen and oxygen atoms in total. The van der Waals surface area contributed by atoms with Crippen molar-refractivity contribution in [2.45, 2.75) is 50.7 Å². The molecule has 0 aliphatic rings. The smallest absolute Gasteiger partial charge is 0.264 e. The highest BCUT2D eigenvalue weighted by Crippen LogP contribution is 2.32. The van der Waals surface area contributed by atoms with E-state index in [9.17, 15) is 22.4 Å². The number of hydrogen-bond donors (Lipinski definition) is 1. The van der Waals surface area contributed by atoms with Gasteiger partial charge in [0.05, 0.1) is 24.8 Å². The summed E-state index contributed by atoms with van der Waals surface area (Å²) in [6, 6.07) is 17.1. The van der Waals surface area contributed by atoms with Crippen LogP contribution in [0.4, 0.5) is 10.1 Å². The molecule has 0 aromatic heterocycles. The van der Waals surface area contributed by atoms with E-state index in [0.717, 1.165) is 4.31 Å². The maximum atomic E-state index is 14.7. The van der Waals surface area contributed by atoms with Gasteiger partial charge < -0.3 is 19.7 Å². The molecule has 0 unspecified atom stereocenters. The number of para-hydroxylation sites is 1. The molecule has 41 heavy (non-hydrogen) atoms. The van der Waals surface area contributed by atoms with Gasteiger partial charge in [-0.1, -0.05) is 36.4 Å². The summed E-state index contributed by atoms with van der Waals surface area (Å²) < 4.78 is 54.1. The van der Waals surface area contributed by atoms with E-state index < -0.39 is 45.8 Å². The number of carbonyl (C=O) groups is 2. The van der Waals surface area contributed by atoms with Gasteiger partial charge in [-0.25, -0.2) is 12.8 Å². The van der Waals surface area contributed by atoms with Gasteiger partial charge in [-0.05, 0) is 58.0 Å². The molecule has 220 valence electrons. The third-order valence-electron chi connectivity index (χ3n) is 6.23. The molecule has 2 amide bonds. The Morgan fingerprint density at radius 1 is 0.927 bits per heavy atom. The zero-order valence-electron chi connectivity index (χ0n) is 24.0. The maximum absolute atomic E-state index is 14.7. The number of sulfonamides is 1. The molecule has 3 rings (SSSR count). The van der Waals surface area contributed by atoms with Crippen LogP contribution in [-0.4, -0.2) is 57.5 Å².